The molecule has 130 valence electrons. The summed E-state index contributed by atoms with van der Waals surface area (Å²) in [5, 5.41) is 11.6. The molecule has 24 heavy (non-hydrogen) atoms. The Morgan fingerprint density at radius 1 is 1.00 bits per heavy atom. The van der Waals surface area contributed by atoms with Crippen molar-refractivity contribution in [2.75, 3.05) is 23.3 Å². The first-order chi connectivity index (χ1) is 11.4. The number of benzene rings is 1. The summed E-state index contributed by atoms with van der Waals surface area (Å²) >= 11 is 0. The van der Waals surface area contributed by atoms with Crippen LogP contribution in [0.5, 0.6) is 0 Å². The van der Waals surface area contributed by atoms with Crippen LogP contribution in [0.25, 0.3) is 0 Å². The van der Waals surface area contributed by atoms with E-state index < -0.39 is 0 Å². The highest BCUT2D eigenvalue weighted by molar-refractivity contribution is 5.57. The van der Waals surface area contributed by atoms with E-state index in [1.807, 2.05) is 0 Å². The minimum absolute atomic E-state index is 0.156. The molecule has 1 N–H and O–H groups in total. The zero-order chi connectivity index (χ0) is 17.6. The van der Waals surface area contributed by atoms with Crippen LogP contribution in [0.2, 0.25) is 0 Å². The van der Waals surface area contributed by atoms with Crippen molar-refractivity contribution in [1.82, 2.24) is 15.2 Å². The maximum atomic E-state index is 4.62. The molecule has 0 radical (unpaired) electrons. The van der Waals surface area contributed by atoms with Gasteiger partial charge in [-0.15, -0.1) is 5.10 Å². The number of hydrogen-bond acceptors (Lipinski definition) is 5. The SMILES string of the molecule is CCCN(CCC)c1nncc(Nc2ccc(C(C)(C)C)cc2)n1. The van der Waals surface area contributed by atoms with Crippen LogP contribution in [-0.4, -0.2) is 28.3 Å². The van der Waals surface area contributed by atoms with E-state index in [0.29, 0.717) is 5.95 Å². The molecule has 0 aliphatic carbocycles. The molecular weight excluding hydrogens is 298 g/mol. The van der Waals surface area contributed by atoms with Crippen molar-refractivity contribution in [3.8, 4) is 0 Å². The Morgan fingerprint density at radius 3 is 2.17 bits per heavy atom. The smallest absolute Gasteiger partial charge is 0.247 e. The molecule has 0 aliphatic rings. The normalized spacial score (nSPS) is 11.4. The zero-order valence-corrected chi connectivity index (χ0v) is 15.5. The highest BCUT2D eigenvalue weighted by atomic mass is 15.3. The van der Waals surface area contributed by atoms with Crippen molar-refractivity contribution < 1.29 is 0 Å². The maximum absolute atomic E-state index is 4.62. The number of aromatic nitrogens is 3. The van der Waals surface area contributed by atoms with Crippen LogP contribution in [0, 0.1) is 0 Å². The summed E-state index contributed by atoms with van der Waals surface area (Å²) in [5.41, 5.74) is 2.47. The van der Waals surface area contributed by atoms with Gasteiger partial charge in [0.15, 0.2) is 5.82 Å². The monoisotopic (exact) mass is 327 g/mol. The predicted octanol–water partition coefficient (Wildman–Crippen LogP) is 4.54. The van der Waals surface area contributed by atoms with Gasteiger partial charge in [-0.3, -0.25) is 0 Å². The zero-order valence-electron chi connectivity index (χ0n) is 15.5. The molecule has 0 saturated carbocycles. The van der Waals surface area contributed by atoms with Crippen LogP contribution >= 0.6 is 0 Å². The Morgan fingerprint density at radius 2 is 1.62 bits per heavy atom. The van der Waals surface area contributed by atoms with Crippen molar-refractivity contribution in [3.05, 3.63) is 36.0 Å². The van der Waals surface area contributed by atoms with Crippen LogP contribution in [-0.2, 0) is 5.41 Å². The second-order valence-corrected chi connectivity index (χ2v) is 7.08. The van der Waals surface area contributed by atoms with Crippen LogP contribution < -0.4 is 10.2 Å². The molecule has 5 nitrogen and oxygen atoms in total. The van der Waals surface area contributed by atoms with E-state index in [-0.39, 0.29) is 5.41 Å². The summed E-state index contributed by atoms with van der Waals surface area (Å²) in [6.45, 7) is 12.9. The van der Waals surface area contributed by atoms with Crippen molar-refractivity contribution in [3.63, 3.8) is 0 Å². The lowest BCUT2D eigenvalue weighted by atomic mass is 9.87. The molecule has 0 spiro atoms. The third-order valence-corrected chi connectivity index (χ3v) is 3.84. The number of hydrogen-bond donors (Lipinski definition) is 1. The third kappa shape index (κ3) is 4.91. The molecule has 5 heteroatoms. The molecule has 0 saturated heterocycles. The van der Waals surface area contributed by atoms with Crippen LogP contribution in [0.4, 0.5) is 17.5 Å². The fourth-order valence-electron chi connectivity index (χ4n) is 2.54. The minimum atomic E-state index is 0.156. The maximum Gasteiger partial charge on any atom is 0.247 e. The van der Waals surface area contributed by atoms with Gasteiger partial charge in [-0.05, 0) is 36.0 Å². The fraction of sp³-hybridized carbons (Fsp3) is 0.526. The van der Waals surface area contributed by atoms with Gasteiger partial charge in [0.25, 0.3) is 0 Å². The van der Waals surface area contributed by atoms with Gasteiger partial charge in [-0.25, -0.2) is 0 Å². The second-order valence-electron chi connectivity index (χ2n) is 7.08. The van der Waals surface area contributed by atoms with E-state index in [0.717, 1.165) is 37.4 Å². The number of nitrogens with one attached hydrogen (secondary N) is 1. The van der Waals surface area contributed by atoms with Crippen LogP contribution in [0.15, 0.2) is 30.5 Å². The predicted molar refractivity (Wildman–Crippen MR) is 101 cm³/mol. The van der Waals surface area contributed by atoms with Gasteiger partial charge in [-0.2, -0.15) is 10.1 Å². The van der Waals surface area contributed by atoms with Gasteiger partial charge in [0.2, 0.25) is 5.95 Å². The van der Waals surface area contributed by atoms with E-state index in [1.165, 1.54) is 5.56 Å². The summed E-state index contributed by atoms with van der Waals surface area (Å²) < 4.78 is 0. The van der Waals surface area contributed by atoms with Crippen LogP contribution in [0.3, 0.4) is 0 Å². The van der Waals surface area contributed by atoms with Gasteiger partial charge >= 0.3 is 0 Å². The Kier molecular flexibility index (Phi) is 6.12. The van der Waals surface area contributed by atoms with E-state index in [2.05, 4.69) is 84.3 Å². The number of rotatable bonds is 7. The Labute approximate surface area is 145 Å². The van der Waals surface area contributed by atoms with Crippen LogP contribution in [0.1, 0.15) is 53.0 Å². The summed E-state index contributed by atoms with van der Waals surface area (Å²) in [4.78, 5) is 6.80. The minimum Gasteiger partial charge on any atom is -0.339 e. The topological polar surface area (TPSA) is 53.9 Å². The van der Waals surface area contributed by atoms with Gasteiger partial charge in [0.1, 0.15) is 0 Å². The van der Waals surface area contributed by atoms with Gasteiger partial charge < -0.3 is 10.2 Å². The van der Waals surface area contributed by atoms with E-state index in [4.69, 9.17) is 0 Å². The summed E-state index contributed by atoms with van der Waals surface area (Å²) in [6, 6.07) is 8.47. The molecule has 0 aliphatic heterocycles. The first-order valence-corrected chi connectivity index (χ1v) is 8.76. The Balaban J connectivity index is 2.14. The number of nitrogens with zero attached hydrogens (tertiary/aromatic N) is 4. The molecule has 0 atom stereocenters. The largest absolute Gasteiger partial charge is 0.339 e. The molecule has 2 aromatic rings. The average Bonchev–Trinajstić information content (AvgIpc) is 2.54. The van der Waals surface area contributed by atoms with Crippen molar-refractivity contribution in [1.29, 1.82) is 0 Å². The van der Waals surface area contributed by atoms with Crippen molar-refractivity contribution in [2.24, 2.45) is 0 Å². The van der Waals surface area contributed by atoms with Gasteiger partial charge in [0.05, 0.1) is 6.20 Å². The lowest BCUT2D eigenvalue weighted by molar-refractivity contribution is 0.590. The first kappa shape index (κ1) is 18.2. The average molecular weight is 327 g/mol. The van der Waals surface area contributed by atoms with Gasteiger partial charge in [0, 0.05) is 18.8 Å². The summed E-state index contributed by atoms with van der Waals surface area (Å²) in [5.74, 6) is 1.41. The molecule has 0 unspecified atom stereocenters. The summed E-state index contributed by atoms with van der Waals surface area (Å²) in [6.07, 6.45) is 3.79. The summed E-state index contributed by atoms with van der Waals surface area (Å²) in [7, 11) is 0. The molecule has 0 fully saturated rings. The Hall–Kier alpha value is -2.17. The number of anilines is 3. The molecule has 1 aromatic heterocycles. The molecular formula is C19H29N5. The fourth-order valence-corrected chi connectivity index (χ4v) is 2.54. The van der Waals surface area contributed by atoms with Crippen molar-refractivity contribution in [2.45, 2.75) is 52.9 Å². The molecule has 2 rings (SSSR count). The Bertz CT molecular complexity index is 625. The highest BCUT2D eigenvalue weighted by Crippen LogP contribution is 2.24. The molecule has 0 bridgehead atoms. The lowest BCUT2D eigenvalue weighted by Crippen LogP contribution is -2.27. The van der Waals surface area contributed by atoms with Crippen molar-refractivity contribution >= 4 is 17.5 Å². The second kappa shape index (κ2) is 8.08. The van der Waals surface area contributed by atoms with E-state index in [9.17, 15) is 0 Å². The van der Waals surface area contributed by atoms with Gasteiger partial charge in [-0.1, -0.05) is 46.8 Å². The molecule has 1 aromatic carbocycles. The van der Waals surface area contributed by atoms with E-state index >= 15 is 0 Å². The standard InChI is InChI=1S/C19H29N5/c1-6-12-24(13-7-2)18-22-17(14-20-23-18)21-16-10-8-15(9-11-16)19(3,4)5/h8-11,14H,6-7,12-13H2,1-5H3,(H,21,22,23). The lowest BCUT2D eigenvalue weighted by Gasteiger charge is -2.21. The quantitative estimate of drug-likeness (QED) is 0.809. The molecule has 1 heterocycles. The highest BCUT2D eigenvalue weighted by Gasteiger charge is 2.13. The molecule has 0 amide bonds. The third-order valence-electron chi connectivity index (χ3n) is 3.84. The first-order valence-electron chi connectivity index (χ1n) is 8.76. The van der Waals surface area contributed by atoms with E-state index in [1.54, 1.807) is 6.20 Å².